The summed E-state index contributed by atoms with van der Waals surface area (Å²) in [5, 5.41) is 2.77. The first-order chi connectivity index (χ1) is 16.6. The van der Waals surface area contributed by atoms with Gasteiger partial charge in [0.25, 0.3) is 5.91 Å². The molecule has 186 valence electrons. The van der Waals surface area contributed by atoms with Crippen LogP contribution in [0.1, 0.15) is 46.8 Å². The predicted molar refractivity (Wildman–Crippen MR) is 137 cm³/mol. The van der Waals surface area contributed by atoms with Crippen LogP contribution >= 0.6 is 0 Å². The highest BCUT2D eigenvalue weighted by Crippen LogP contribution is 2.33. The van der Waals surface area contributed by atoms with Crippen molar-refractivity contribution in [2.24, 2.45) is 0 Å². The van der Waals surface area contributed by atoms with Crippen LogP contribution in [0.3, 0.4) is 0 Å². The van der Waals surface area contributed by atoms with Crippen LogP contribution < -0.4 is 14.4 Å². The predicted octanol–water partition coefficient (Wildman–Crippen LogP) is 5.03. The number of rotatable bonds is 10. The third-order valence-electron chi connectivity index (χ3n) is 5.55. The molecule has 0 aromatic heterocycles. The summed E-state index contributed by atoms with van der Waals surface area (Å²) in [6, 6.07) is 18.3. The molecule has 0 aliphatic carbocycles. The highest BCUT2D eigenvalue weighted by atomic mass is 32.2. The zero-order valence-corrected chi connectivity index (χ0v) is 21.2. The number of ether oxygens (including phenoxy) is 1. The number of benzene rings is 3. The molecular weight excluding hydrogens is 467 g/mol. The van der Waals surface area contributed by atoms with Crippen molar-refractivity contribution in [3.63, 3.8) is 0 Å². The minimum Gasteiger partial charge on any atom is -0.492 e. The van der Waals surface area contributed by atoms with E-state index in [0.717, 1.165) is 16.7 Å². The number of hydrogen-bond acceptors (Lipinski definition) is 4. The molecule has 1 N–H and O–H groups in total. The van der Waals surface area contributed by atoms with Crippen LogP contribution in [-0.2, 0) is 16.6 Å². The van der Waals surface area contributed by atoms with E-state index in [2.05, 4.69) is 5.32 Å². The quantitative estimate of drug-likeness (QED) is 0.398. The molecule has 3 rings (SSSR count). The van der Waals surface area contributed by atoms with Gasteiger partial charge in [-0.3, -0.25) is 9.10 Å². The highest BCUT2D eigenvalue weighted by Gasteiger charge is 2.23. The summed E-state index contributed by atoms with van der Waals surface area (Å²) < 4.78 is 45.3. The van der Waals surface area contributed by atoms with E-state index in [-0.39, 0.29) is 37.3 Å². The number of halogens is 1. The molecule has 35 heavy (non-hydrogen) atoms. The molecule has 3 aromatic carbocycles. The second-order valence-corrected chi connectivity index (χ2v) is 10.6. The van der Waals surface area contributed by atoms with Crippen molar-refractivity contribution < 1.29 is 22.3 Å². The summed E-state index contributed by atoms with van der Waals surface area (Å²) in [5.41, 5.74) is 3.78. The van der Waals surface area contributed by atoms with Crippen LogP contribution in [0, 0.1) is 12.7 Å². The van der Waals surface area contributed by atoms with E-state index in [4.69, 9.17) is 4.74 Å². The lowest BCUT2D eigenvalue weighted by Crippen LogP contribution is -2.31. The maximum atomic E-state index is 12.9. The second kappa shape index (κ2) is 11.4. The molecule has 0 aliphatic rings. The molecule has 3 aromatic rings. The molecule has 8 heteroatoms. The average molecular weight is 499 g/mol. The highest BCUT2D eigenvalue weighted by molar-refractivity contribution is 7.92. The normalized spacial score (nSPS) is 11.4. The van der Waals surface area contributed by atoms with Gasteiger partial charge >= 0.3 is 0 Å². The Kier molecular flexibility index (Phi) is 8.51. The first-order valence-corrected chi connectivity index (χ1v) is 13.2. The Hall–Kier alpha value is -3.39. The summed E-state index contributed by atoms with van der Waals surface area (Å²) in [6.45, 7) is 6.68. The summed E-state index contributed by atoms with van der Waals surface area (Å²) >= 11 is 0. The minimum atomic E-state index is -3.54. The van der Waals surface area contributed by atoms with E-state index in [1.807, 2.05) is 39.0 Å². The fraction of sp³-hybridized carbons (Fsp3) is 0.296. The largest absolute Gasteiger partial charge is 0.492 e. The fourth-order valence-corrected chi connectivity index (χ4v) is 4.71. The van der Waals surface area contributed by atoms with Gasteiger partial charge in [-0.1, -0.05) is 44.2 Å². The van der Waals surface area contributed by atoms with Gasteiger partial charge in [0.2, 0.25) is 10.0 Å². The maximum Gasteiger partial charge on any atom is 0.251 e. The van der Waals surface area contributed by atoms with E-state index in [1.165, 1.54) is 34.8 Å². The number of amides is 1. The Morgan fingerprint density at radius 3 is 2.29 bits per heavy atom. The van der Waals surface area contributed by atoms with Crippen LogP contribution in [0.5, 0.6) is 5.75 Å². The molecule has 0 saturated carbocycles. The summed E-state index contributed by atoms with van der Waals surface area (Å²) in [5.74, 6) is 0.0789. The van der Waals surface area contributed by atoms with Crippen molar-refractivity contribution in [1.29, 1.82) is 0 Å². The van der Waals surface area contributed by atoms with Gasteiger partial charge < -0.3 is 10.1 Å². The summed E-state index contributed by atoms with van der Waals surface area (Å²) in [4.78, 5) is 12.5. The van der Waals surface area contributed by atoms with E-state index >= 15 is 0 Å². The van der Waals surface area contributed by atoms with E-state index in [1.54, 1.807) is 24.3 Å². The zero-order chi connectivity index (χ0) is 25.6. The fourth-order valence-electron chi connectivity index (χ4n) is 3.74. The zero-order valence-electron chi connectivity index (χ0n) is 20.4. The molecule has 0 atom stereocenters. The topological polar surface area (TPSA) is 75.7 Å². The number of carbonyl (C=O) groups is 1. The van der Waals surface area contributed by atoms with Gasteiger partial charge in [0, 0.05) is 5.56 Å². The molecule has 0 heterocycles. The number of carbonyl (C=O) groups excluding carboxylic acids is 1. The molecule has 0 spiro atoms. The molecule has 0 unspecified atom stereocenters. The van der Waals surface area contributed by atoms with Crippen molar-refractivity contribution in [3.05, 3.63) is 94.8 Å². The molecule has 0 saturated heterocycles. The Balaban J connectivity index is 1.66. The number of aryl methyl sites for hydroxylation is 1. The number of sulfonamides is 1. The molecule has 1 amide bonds. The maximum absolute atomic E-state index is 12.9. The summed E-state index contributed by atoms with van der Waals surface area (Å²) in [7, 11) is -3.54. The first kappa shape index (κ1) is 26.2. The Bertz CT molecular complexity index is 1260. The molecule has 0 radical (unpaired) electrons. The van der Waals surface area contributed by atoms with E-state index in [0.29, 0.717) is 17.0 Å². The van der Waals surface area contributed by atoms with E-state index < -0.39 is 10.0 Å². The van der Waals surface area contributed by atoms with E-state index in [9.17, 15) is 17.6 Å². The second-order valence-electron chi connectivity index (χ2n) is 8.69. The average Bonchev–Trinajstić information content (AvgIpc) is 2.81. The Labute approximate surface area is 206 Å². The number of anilines is 1. The molecular formula is C27H31FN2O4S. The lowest BCUT2D eigenvalue weighted by Gasteiger charge is -2.28. The van der Waals surface area contributed by atoms with Gasteiger partial charge in [-0.15, -0.1) is 0 Å². The number of nitrogens with zero attached hydrogens (tertiary/aromatic N) is 1. The number of hydrogen-bond donors (Lipinski definition) is 1. The SMILES string of the molecule is Cc1cccc(C(C)C)c1N(Cc1ccc(C(=O)NCCOc2ccc(F)cc2)cc1)S(C)(=O)=O. The van der Waals surface area contributed by atoms with Crippen molar-refractivity contribution in [1.82, 2.24) is 5.32 Å². The monoisotopic (exact) mass is 498 g/mol. The first-order valence-electron chi connectivity index (χ1n) is 11.4. The number of para-hydroxylation sites is 1. The standard InChI is InChI=1S/C27H31FN2O4S/c1-19(2)25-7-5-6-20(3)26(25)30(35(4,32)33)18-21-8-10-22(11-9-21)27(31)29-16-17-34-24-14-12-23(28)13-15-24/h5-15,19H,16-18H2,1-4H3,(H,29,31). The van der Waals surface area contributed by atoms with Crippen molar-refractivity contribution in [3.8, 4) is 5.75 Å². The molecule has 0 aliphatic heterocycles. The summed E-state index contributed by atoms with van der Waals surface area (Å²) in [6.07, 6.45) is 1.21. The van der Waals surface area contributed by atoms with Gasteiger partial charge in [-0.05, 0) is 65.9 Å². The van der Waals surface area contributed by atoms with Crippen molar-refractivity contribution in [2.75, 3.05) is 23.7 Å². The lowest BCUT2D eigenvalue weighted by molar-refractivity contribution is 0.0947. The van der Waals surface area contributed by atoms with Crippen molar-refractivity contribution >= 4 is 21.6 Å². The van der Waals surface area contributed by atoms with Gasteiger partial charge in [0.1, 0.15) is 18.2 Å². The lowest BCUT2D eigenvalue weighted by atomic mass is 9.98. The van der Waals surface area contributed by atoms with Crippen LogP contribution in [0.2, 0.25) is 0 Å². The van der Waals surface area contributed by atoms with Crippen molar-refractivity contribution in [2.45, 2.75) is 33.2 Å². The molecule has 0 bridgehead atoms. The third kappa shape index (κ3) is 7.05. The van der Waals surface area contributed by atoms with Gasteiger partial charge in [0.15, 0.2) is 0 Å². The Morgan fingerprint density at radius 1 is 1.03 bits per heavy atom. The van der Waals surface area contributed by atoms with Gasteiger partial charge in [-0.25, -0.2) is 12.8 Å². The van der Waals surface area contributed by atoms with Crippen LogP contribution in [0.25, 0.3) is 0 Å². The molecule has 0 fully saturated rings. The number of nitrogens with one attached hydrogen (secondary N) is 1. The Morgan fingerprint density at radius 2 is 1.69 bits per heavy atom. The van der Waals surface area contributed by atoms with Gasteiger partial charge in [-0.2, -0.15) is 0 Å². The molecule has 6 nitrogen and oxygen atoms in total. The third-order valence-corrected chi connectivity index (χ3v) is 6.67. The smallest absolute Gasteiger partial charge is 0.251 e. The van der Waals surface area contributed by atoms with Crippen LogP contribution in [-0.4, -0.2) is 33.7 Å². The van der Waals surface area contributed by atoms with Crippen LogP contribution in [0.4, 0.5) is 10.1 Å². The minimum absolute atomic E-state index is 0.159. The van der Waals surface area contributed by atoms with Gasteiger partial charge in [0.05, 0.1) is 25.0 Å². The van der Waals surface area contributed by atoms with Crippen LogP contribution in [0.15, 0.2) is 66.7 Å².